The van der Waals surface area contributed by atoms with Crippen molar-refractivity contribution in [2.24, 2.45) is 0 Å². The van der Waals surface area contributed by atoms with Gasteiger partial charge in [0, 0.05) is 36.3 Å². The Hall–Kier alpha value is -2.82. The Morgan fingerprint density at radius 2 is 1.96 bits per heavy atom. The van der Waals surface area contributed by atoms with Crippen molar-refractivity contribution in [1.82, 2.24) is 5.32 Å². The molecule has 0 unspecified atom stereocenters. The fourth-order valence-corrected chi connectivity index (χ4v) is 3.74. The molecule has 2 atom stereocenters. The summed E-state index contributed by atoms with van der Waals surface area (Å²) in [7, 11) is 0. The van der Waals surface area contributed by atoms with Crippen LogP contribution in [0.2, 0.25) is 0 Å². The number of urea groups is 1. The van der Waals surface area contributed by atoms with Crippen molar-refractivity contribution in [3.8, 4) is 0 Å². The minimum absolute atomic E-state index is 0.166. The zero-order valence-electron chi connectivity index (χ0n) is 14.9. The van der Waals surface area contributed by atoms with Gasteiger partial charge in [-0.25, -0.2) is 4.79 Å². The molecule has 1 heterocycles. The van der Waals surface area contributed by atoms with E-state index in [1.807, 2.05) is 43.3 Å². The summed E-state index contributed by atoms with van der Waals surface area (Å²) < 4.78 is 0. The highest BCUT2D eigenvalue weighted by Crippen LogP contribution is 2.40. The number of carbonyl (C=O) groups is 2. The largest absolute Gasteiger partial charge is 0.334 e. The number of anilines is 2. The van der Waals surface area contributed by atoms with Crippen LogP contribution >= 0.6 is 0 Å². The van der Waals surface area contributed by atoms with Gasteiger partial charge in [0.2, 0.25) is 5.91 Å². The van der Waals surface area contributed by atoms with Crippen LogP contribution in [-0.2, 0) is 11.2 Å². The van der Waals surface area contributed by atoms with Crippen molar-refractivity contribution in [1.29, 1.82) is 0 Å². The van der Waals surface area contributed by atoms with Crippen LogP contribution in [-0.4, -0.2) is 24.5 Å². The first-order valence-corrected chi connectivity index (χ1v) is 9.21. The number of rotatable bonds is 4. The fourth-order valence-electron chi connectivity index (χ4n) is 3.74. The first-order chi connectivity index (χ1) is 12.7. The second-order valence-electron chi connectivity index (χ2n) is 6.94. The summed E-state index contributed by atoms with van der Waals surface area (Å²) in [5, 5.41) is 5.97. The highest BCUT2D eigenvalue weighted by Gasteiger charge is 2.39. The maximum atomic E-state index is 12.3. The van der Waals surface area contributed by atoms with Crippen LogP contribution in [0.25, 0.3) is 0 Å². The molecule has 4 rings (SSSR count). The number of aryl methyl sites for hydroxylation is 1. The van der Waals surface area contributed by atoms with Gasteiger partial charge in [0.15, 0.2) is 0 Å². The topological polar surface area (TPSA) is 61.4 Å². The lowest BCUT2D eigenvalue weighted by atomic mass is 10.0. The second-order valence-corrected chi connectivity index (χ2v) is 6.94. The standard InChI is InChI=1S/C21H23N3O2/c1-2-24-19-10-9-16(12-15(19)8-11-20(24)25)22-21(26)23-18-13-17(18)14-6-4-3-5-7-14/h3-7,9-10,12,17-18H,2,8,11,13H2,1H3,(H2,22,23,26)/t17-,18+/m0/s1. The van der Waals surface area contributed by atoms with Crippen LogP contribution in [0.15, 0.2) is 48.5 Å². The lowest BCUT2D eigenvalue weighted by Gasteiger charge is -2.28. The molecule has 2 aromatic carbocycles. The Bertz CT molecular complexity index is 834. The van der Waals surface area contributed by atoms with E-state index < -0.39 is 0 Å². The van der Waals surface area contributed by atoms with Gasteiger partial charge < -0.3 is 15.5 Å². The van der Waals surface area contributed by atoms with E-state index in [9.17, 15) is 9.59 Å². The zero-order valence-corrected chi connectivity index (χ0v) is 14.9. The molecule has 2 aliphatic rings. The molecule has 5 nitrogen and oxygen atoms in total. The SMILES string of the molecule is CCN1C(=O)CCc2cc(NC(=O)N[C@@H]3C[C@H]3c3ccccc3)ccc21. The van der Waals surface area contributed by atoms with E-state index >= 15 is 0 Å². The molecule has 1 aliphatic heterocycles. The van der Waals surface area contributed by atoms with Gasteiger partial charge in [0.1, 0.15) is 0 Å². The summed E-state index contributed by atoms with van der Waals surface area (Å²) in [5.74, 6) is 0.578. The molecule has 134 valence electrons. The number of amides is 3. The molecule has 3 amide bonds. The minimum Gasteiger partial charge on any atom is -0.334 e. The van der Waals surface area contributed by atoms with E-state index in [-0.39, 0.29) is 18.0 Å². The van der Waals surface area contributed by atoms with Crippen molar-refractivity contribution in [2.45, 2.75) is 38.1 Å². The van der Waals surface area contributed by atoms with Gasteiger partial charge in [-0.3, -0.25) is 4.79 Å². The molecule has 1 saturated carbocycles. The van der Waals surface area contributed by atoms with Crippen molar-refractivity contribution >= 4 is 23.3 Å². The van der Waals surface area contributed by atoms with E-state index in [4.69, 9.17) is 0 Å². The quantitative estimate of drug-likeness (QED) is 0.885. The van der Waals surface area contributed by atoms with E-state index in [0.717, 1.165) is 29.8 Å². The van der Waals surface area contributed by atoms with Gasteiger partial charge in [-0.2, -0.15) is 0 Å². The normalized spacial score (nSPS) is 21.1. The van der Waals surface area contributed by atoms with Gasteiger partial charge in [-0.15, -0.1) is 0 Å². The van der Waals surface area contributed by atoms with Gasteiger partial charge in [0.05, 0.1) is 0 Å². The lowest BCUT2D eigenvalue weighted by molar-refractivity contribution is -0.118. The third-order valence-corrected chi connectivity index (χ3v) is 5.19. The number of carbonyl (C=O) groups excluding carboxylic acids is 2. The highest BCUT2D eigenvalue weighted by atomic mass is 16.2. The average Bonchev–Trinajstić information content (AvgIpc) is 3.41. The smallest absolute Gasteiger partial charge is 0.319 e. The third-order valence-electron chi connectivity index (χ3n) is 5.19. The van der Waals surface area contributed by atoms with E-state index in [2.05, 4.69) is 22.8 Å². The summed E-state index contributed by atoms with van der Waals surface area (Å²) in [5.41, 5.74) is 4.11. The molecule has 0 bridgehead atoms. The first-order valence-electron chi connectivity index (χ1n) is 9.21. The predicted molar refractivity (Wildman–Crippen MR) is 103 cm³/mol. The van der Waals surface area contributed by atoms with Crippen LogP contribution in [0.4, 0.5) is 16.2 Å². The maximum absolute atomic E-state index is 12.3. The molecular formula is C21H23N3O2. The minimum atomic E-state index is -0.174. The monoisotopic (exact) mass is 349 g/mol. The van der Waals surface area contributed by atoms with E-state index in [1.54, 1.807) is 4.90 Å². The second kappa shape index (κ2) is 6.83. The Morgan fingerprint density at radius 3 is 2.73 bits per heavy atom. The Kier molecular flexibility index (Phi) is 4.37. The van der Waals surface area contributed by atoms with Crippen LogP contribution < -0.4 is 15.5 Å². The predicted octanol–water partition coefficient (Wildman–Crippen LogP) is 3.66. The molecular weight excluding hydrogens is 326 g/mol. The van der Waals surface area contributed by atoms with Gasteiger partial charge >= 0.3 is 6.03 Å². The number of fused-ring (bicyclic) bond motifs is 1. The Morgan fingerprint density at radius 1 is 1.15 bits per heavy atom. The van der Waals surface area contributed by atoms with Gasteiger partial charge in [0.25, 0.3) is 0 Å². The molecule has 1 fully saturated rings. The van der Waals surface area contributed by atoms with Crippen molar-refractivity contribution in [3.63, 3.8) is 0 Å². The van der Waals surface area contributed by atoms with Gasteiger partial charge in [-0.1, -0.05) is 30.3 Å². The highest BCUT2D eigenvalue weighted by molar-refractivity contribution is 5.97. The van der Waals surface area contributed by atoms with Crippen LogP contribution in [0, 0.1) is 0 Å². The zero-order chi connectivity index (χ0) is 18.1. The summed E-state index contributed by atoms with van der Waals surface area (Å²) in [4.78, 5) is 26.1. The molecule has 2 aromatic rings. The number of benzene rings is 2. The average molecular weight is 349 g/mol. The van der Waals surface area contributed by atoms with Crippen molar-refractivity contribution in [3.05, 3.63) is 59.7 Å². The Labute approximate surface area is 153 Å². The summed E-state index contributed by atoms with van der Waals surface area (Å²) in [6.07, 6.45) is 2.23. The van der Waals surface area contributed by atoms with Crippen molar-refractivity contribution < 1.29 is 9.59 Å². The number of hydrogen-bond donors (Lipinski definition) is 2. The fraction of sp³-hybridized carbons (Fsp3) is 0.333. The molecule has 1 aliphatic carbocycles. The molecule has 2 N–H and O–H groups in total. The molecule has 0 aromatic heterocycles. The number of nitrogens with one attached hydrogen (secondary N) is 2. The van der Waals surface area contributed by atoms with Gasteiger partial charge in [-0.05, 0) is 49.1 Å². The third kappa shape index (κ3) is 3.29. The van der Waals surface area contributed by atoms with E-state index in [0.29, 0.717) is 18.9 Å². The summed E-state index contributed by atoms with van der Waals surface area (Å²) in [6, 6.07) is 16.1. The van der Waals surface area contributed by atoms with Crippen molar-refractivity contribution in [2.75, 3.05) is 16.8 Å². The molecule has 26 heavy (non-hydrogen) atoms. The first kappa shape index (κ1) is 16.6. The number of hydrogen-bond acceptors (Lipinski definition) is 2. The molecule has 0 radical (unpaired) electrons. The van der Waals surface area contributed by atoms with Crippen LogP contribution in [0.3, 0.4) is 0 Å². The number of nitrogens with zero attached hydrogens (tertiary/aromatic N) is 1. The van der Waals surface area contributed by atoms with Crippen LogP contribution in [0.5, 0.6) is 0 Å². The van der Waals surface area contributed by atoms with E-state index in [1.165, 1.54) is 5.56 Å². The summed E-state index contributed by atoms with van der Waals surface area (Å²) in [6.45, 7) is 2.65. The Balaban J connectivity index is 1.38. The molecule has 0 spiro atoms. The molecule has 0 saturated heterocycles. The summed E-state index contributed by atoms with van der Waals surface area (Å²) >= 11 is 0. The lowest BCUT2D eigenvalue weighted by Crippen LogP contribution is -2.35. The molecule has 5 heteroatoms. The maximum Gasteiger partial charge on any atom is 0.319 e. The van der Waals surface area contributed by atoms with Crippen LogP contribution in [0.1, 0.15) is 36.8 Å².